The van der Waals surface area contributed by atoms with Crippen LogP contribution in [0.5, 0.6) is 5.75 Å². The molecule has 0 bridgehead atoms. The molecule has 0 aliphatic carbocycles. The molecule has 0 aliphatic rings. The highest BCUT2D eigenvalue weighted by Gasteiger charge is 2.16. The summed E-state index contributed by atoms with van der Waals surface area (Å²) >= 11 is 1.18. The number of thiophene rings is 1. The molecule has 4 nitrogen and oxygen atoms in total. The van der Waals surface area contributed by atoms with Crippen LogP contribution in [0.3, 0.4) is 0 Å². The summed E-state index contributed by atoms with van der Waals surface area (Å²) in [5.74, 6) is -0.530. The van der Waals surface area contributed by atoms with Crippen molar-refractivity contribution in [3.63, 3.8) is 0 Å². The molecule has 0 aliphatic heterocycles. The molecule has 5 heteroatoms. The van der Waals surface area contributed by atoms with Crippen molar-refractivity contribution in [3.8, 4) is 5.75 Å². The third-order valence-corrected chi connectivity index (χ3v) is 2.59. The Morgan fingerprint density at radius 2 is 2.36 bits per heavy atom. The molecule has 0 saturated carbocycles. The largest absolute Gasteiger partial charge is 0.506 e. The first kappa shape index (κ1) is 11.0. The van der Waals surface area contributed by atoms with E-state index in [4.69, 9.17) is 9.47 Å². The van der Waals surface area contributed by atoms with E-state index in [1.165, 1.54) is 17.4 Å². The standard InChI is InChI=1S/C9H12O4S/c1-3-13-9(11)8-7(10)4-6(14-8)5-12-2/h4,10H,3,5H2,1-2H3. The Kier molecular flexibility index (Phi) is 3.91. The number of hydrogen-bond donors (Lipinski definition) is 1. The van der Waals surface area contributed by atoms with Crippen LogP contribution < -0.4 is 0 Å². The molecule has 0 spiro atoms. The highest BCUT2D eigenvalue weighted by atomic mass is 32.1. The van der Waals surface area contributed by atoms with E-state index >= 15 is 0 Å². The van der Waals surface area contributed by atoms with Crippen LogP contribution in [0.1, 0.15) is 21.5 Å². The highest BCUT2D eigenvalue weighted by molar-refractivity contribution is 7.14. The van der Waals surface area contributed by atoms with Crippen molar-refractivity contribution in [1.82, 2.24) is 0 Å². The summed E-state index contributed by atoms with van der Waals surface area (Å²) in [6.45, 7) is 2.41. The molecule has 78 valence electrons. The number of rotatable bonds is 4. The van der Waals surface area contributed by atoms with Gasteiger partial charge in [0.2, 0.25) is 0 Å². The molecular weight excluding hydrogens is 204 g/mol. The van der Waals surface area contributed by atoms with Crippen molar-refractivity contribution in [3.05, 3.63) is 15.8 Å². The summed E-state index contributed by atoms with van der Waals surface area (Å²) in [6.07, 6.45) is 0. The van der Waals surface area contributed by atoms with E-state index in [2.05, 4.69) is 0 Å². The molecule has 0 atom stereocenters. The van der Waals surface area contributed by atoms with Gasteiger partial charge in [-0.2, -0.15) is 0 Å². The van der Waals surface area contributed by atoms with Crippen molar-refractivity contribution in [2.45, 2.75) is 13.5 Å². The van der Waals surface area contributed by atoms with Crippen LogP contribution in [0.25, 0.3) is 0 Å². The van der Waals surface area contributed by atoms with Crippen molar-refractivity contribution < 1.29 is 19.4 Å². The van der Waals surface area contributed by atoms with Gasteiger partial charge in [-0.15, -0.1) is 11.3 Å². The molecule has 1 aromatic rings. The van der Waals surface area contributed by atoms with Gasteiger partial charge in [-0.25, -0.2) is 4.79 Å². The molecule has 1 heterocycles. The number of aromatic hydroxyl groups is 1. The lowest BCUT2D eigenvalue weighted by Crippen LogP contribution is -2.01. The topological polar surface area (TPSA) is 55.8 Å². The SMILES string of the molecule is CCOC(=O)c1sc(COC)cc1O. The maximum Gasteiger partial charge on any atom is 0.352 e. The van der Waals surface area contributed by atoms with Crippen LogP contribution >= 0.6 is 11.3 Å². The molecule has 0 aromatic carbocycles. The molecular formula is C9H12O4S. The lowest BCUT2D eigenvalue weighted by atomic mass is 10.4. The van der Waals surface area contributed by atoms with Gasteiger partial charge in [0, 0.05) is 12.0 Å². The van der Waals surface area contributed by atoms with Crippen LogP contribution in [0.15, 0.2) is 6.07 Å². The Hall–Kier alpha value is -1.07. The van der Waals surface area contributed by atoms with Gasteiger partial charge < -0.3 is 14.6 Å². The van der Waals surface area contributed by atoms with Crippen LogP contribution in [0.4, 0.5) is 0 Å². The normalized spacial score (nSPS) is 10.1. The fourth-order valence-corrected chi connectivity index (χ4v) is 1.90. The monoisotopic (exact) mass is 216 g/mol. The predicted molar refractivity (Wildman–Crippen MR) is 52.7 cm³/mol. The van der Waals surface area contributed by atoms with Gasteiger partial charge in [-0.1, -0.05) is 0 Å². The van der Waals surface area contributed by atoms with E-state index < -0.39 is 5.97 Å². The molecule has 0 radical (unpaired) electrons. The average molecular weight is 216 g/mol. The van der Waals surface area contributed by atoms with E-state index in [9.17, 15) is 9.90 Å². The van der Waals surface area contributed by atoms with Gasteiger partial charge in [0.05, 0.1) is 13.2 Å². The summed E-state index contributed by atoms with van der Waals surface area (Å²) in [5, 5.41) is 9.41. The maximum absolute atomic E-state index is 11.3. The van der Waals surface area contributed by atoms with Gasteiger partial charge in [0.1, 0.15) is 5.75 Å². The minimum Gasteiger partial charge on any atom is -0.506 e. The summed E-state index contributed by atoms with van der Waals surface area (Å²) in [5.41, 5.74) is 0. The van der Waals surface area contributed by atoms with Gasteiger partial charge in [-0.3, -0.25) is 0 Å². The summed E-state index contributed by atoms with van der Waals surface area (Å²) in [4.78, 5) is 12.3. The van der Waals surface area contributed by atoms with Gasteiger partial charge in [0.25, 0.3) is 0 Å². The quantitative estimate of drug-likeness (QED) is 0.779. The second kappa shape index (κ2) is 4.97. The first-order valence-corrected chi connectivity index (χ1v) is 4.98. The second-order valence-electron chi connectivity index (χ2n) is 2.58. The zero-order valence-electron chi connectivity index (χ0n) is 8.07. The van der Waals surface area contributed by atoms with Crippen molar-refractivity contribution >= 4 is 17.3 Å². The summed E-state index contributed by atoms with van der Waals surface area (Å²) in [7, 11) is 1.56. The summed E-state index contributed by atoms with van der Waals surface area (Å²) in [6, 6.07) is 1.51. The molecule has 1 aromatic heterocycles. The molecule has 1 rings (SSSR count). The first-order valence-electron chi connectivity index (χ1n) is 4.16. The van der Waals surface area contributed by atoms with Crippen molar-refractivity contribution in [2.75, 3.05) is 13.7 Å². The molecule has 0 saturated heterocycles. The number of hydrogen-bond acceptors (Lipinski definition) is 5. The Morgan fingerprint density at radius 3 is 2.93 bits per heavy atom. The third-order valence-electron chi connectivity index (χ3n) is 1.51. The number of esters is 1. The number of methoxy groups -OCH3 is 1. The van der Waals surface area contributed by atoms with Crippen LogP contribution in [-0.4, -0.2) is 24.8 Å². The molecule has 0 amide bonds. The average Bonchev–Trinajstić information content (AvgIpc) is 2.48. The van der Waals surface area contributed by atoms with Gasteiger partial charge >= 0.3 is 5.97 Å². The molecule has 0 fully saturated rings. The van der Waals surface area contributed by atoms with Crippen LogP contribution in [0, 0.1) is 0 Å². The first-order chi connectivity index (χ1) is 6.69. The Bertz CT molecular complexity index is 319. The van der Waals surface area contributed by atoms with E-state index in [0.717, 1.165) is 4.88 Å². The minimum atomic E-state index is -0.489. The zero-order valence-corrected chi connectivity index (χ0v) is 8.89. The molecule has 14 heavy (non-hydrogen) atoms. The number of ether oxygens (including phenoxy) is 2. The van der Waals surface area contributed by atoms with E-state index in [0.29, 0.717) is 13.2 Å². The van der Waals surface area contributed by atoms with Crippen molar-refractivity contribution in [1.29, 1.82) is 0 Å². The van der Waals surface area contributed by atoms with Crippen molar-refractivity contribution in [2.24, 2.45) is 0 Å². The van der Waals surface area contributed by atoms with E-state index in [-0.39, 0.29) is 10.6 Å². The third kappa shape index (κ3) is 2.46. The van der Waals surface area contributed by atoms with Crippen LogP contribution in [0.2, 0.25) is 0 Å². The lowest BCUT2D eigenvalue weighted by Gasteiger charge is -1.97. The number of carbonyl (C=O) groups excluding carboxylic acids is 1. The maximum atomic E-state index is 11.3. The Labute approximate surface area is 86.1 Å². The zero-order chi connectivity index (χ0) is 10.6. The fraction of sp³-hybridized carbons (Fsp3) is 0.444. The second-order valence-corrected chi connectivity index (χ2v) is 3.72. The molecule has 0 unspecified atom stereocenters. The fourth-order valence-electron chi connectivity index (χ4n) is 0.987. The smallest absolute Gasteiger partial charge is 0.352 e. The summed E-state index contributed by atoms with van der Waals surface area (Å²) < 4.78 is 9.65. The van der Waals surface area contributed by atoms with Gasteiger partial charge in [-0.05, 0) is 13.0 Å². The highest BCUT2D eigenvalue weighted by Crippen LogP contribution is 2.29. The van der Waals surface area contributed by atoms with Gasteiger partial charge in [0.15, 0.2) is 4.88 Å². The Balaban J connectivity index is 2.81. The van der Waals surface area contributed by atoms with E-state index in [1.54, 1.807) is 14.0 Å². The van der Waals surface area contributed by atoms with E-state index in [1.807, 2.05) is 0 Å². The molecule has 1 N–H and O–H groups in total. The minimum absolute atomic E-state index is 0.0412. The Morgan fingerprint density at radius 1 is 1.64 bits per heavy atom. The predicted octanol–water partition coefficient (Wildman–Crippen LogP) is 1.78. The lowest BCUT2D eigenvalue weighted by molar-refractivity contribution is 0.0529. The number of carbonyl (C=O) groups is 1. The van der Waals surface area contributed by atoms with Crippen LogP contribution in [-0.2, 0) is 16.1 Å².